The van der Waals surface area contributed by atoms with E-state index < -0.39 is 0 Å². The lowest BCUT2D eigenvalue weighted by Gasteiger charge is -2.17. The van der Waals surface area contributed by atoms with Crippen LogP contribution in [0.25, 0.3) is 5.82 Å². The predicted octanol–water partition coefficient (Wildman–Crippen LogP) is 3.94. The molecule has 3 rings (SSSR count). The van der Waals surface area contributed by atoms with Gasteiger partial charge >= 0.3 is 0 Å². The maximum atomic E-state index is 4.74. The summed E-state index contributed by atoms with van der Waals surface area (Å²) < 4.78 is 1.89. The summed E-state index contributed by atoms with van der Waals surface area (Å²) in [7, 11) is 0. The molecule has 8 heteroatoms. The van der Waals surface area contributed by atoms with E-state index in [0.717, 1.165) is 30.3 Å². The number of hydrogen-bond donors (Lipinski definition) is 2. The van der Waals surface area contributed by atoms with Gasteiger partial charge in [0.1, 0.15) is 12.1 Å². The highest BCUT2D eigenvalue weighted by atomic mass is 127. The summed E-state index contributed by atoms with van der Waals surface area (Å²) in [4.78, 5) is 15.9. The smallest absolute Gasteiger partial charge is 0.191 e. The third kappa shape index (κ3) is 6.59. The van der Waals surface area contributed by atoms with Crippen LogP contribution in [0.2, 0.25) is 0 Å². The summed E-state index contributed by atoms with van der Waals surface area (Å²) in [6, 6.07) is 8.71. The van der Waals surface area contributed by atoms with Crippen LogP contribution in [0.4, 0.5) is 0 Å². The van der Waals surface area contributed by atoms with E-state index in [-0.39, 0.29) is 24.0 Å². The SMILES string of the molecule is CCNC(=NCc1ccnc(-n2ccnc2)c1)NC(C)Cc1ccc(C)s1.I. The summed E-state index contributed by atoms with van der Waals surface area (Å²) >= 11 is 1.85. The molecule has 0 amide bonds. The van der Waals surface area contributed by atoms with Gasteiger partial charge in [0.2, 0.25) is 0 Å². The van der Waals surface area contributed by atoms with E-state index in [1.165, 1.54) is 9.75 Å². The average molecular weight is 510 g/mol. The fraction of sp³-hybridized carbons (Fsp3) is 0.350. The Morgan fingerprint density at radius 1 is 1.29 bits per heavy atom. The number of hydrogen-bond acceptors (Lipinski definition) is 4. The fourth-order valence-electron chi connectivity index (χ4n) is 2.77. The first-order chi connectivity index (χ1) is 13.1. The van der Waals surface area contributed by atoms with Crippen molar-refractivity contribution in [1.29, 1.82) is 0 Å². The standard InChI is InChI=1S/C20H26N6S.HI/c1-4-22-20(25-15(2)11-18-6-5-16(3)27-18)24-13-17-7-8-23-19(12-17)26-10-9-21-14-26;/h5-10,12,14-15H,4,11,13H2,1-3H3,(H2,22,24,25);1H. The number of aromatic nitrogens is 3. The zero-order valence-corrected chi connectivity index (χ0v) is 19.6. The van der Waals surface area contributed by atoms with Gasteiger partial charge < -0.3 is 10.6 Å². The number of halogens is 1. The molecule has 3 aromatic rings. The Bertz CT molecular complexity index is 874. The van der Waals surface area contributed by atoms with Gasteiger partial charge in [-0.25, -0.2) is 15.0 Å². The number of pyridine rings is 1. The first-order valence-electron chi connectivity index (χ1n) is 9.17. The minimum absolute atomic E-state index is 0. The highest BCUT2D eigenvalue weighted by molar-refractivity contribution is 14.0. The second kappa shape index (κ2) is 11.2. The highest BCUT2D eigenvalue weighted by Crippen LogP contribution is 2.16. The molecule has 1 atom stereocenters. The van der Waals surface area contributed by atoms with E-state index in [1.54, 1.807) is 12.5 Å². The van der Waals surface area contributed by atoms with Gasteiger partial charge in [-0.3, -0.25) is 4.57 Å². The van der Waals surface area contributed by atoms with Crippen LogP contribution < -0.4 is 10.6 Å². The number of guanidine groups is 1. The zero-order chi connectivity index (χ0) is 19.1. The number of nitrogens with zero attached hydrogens (tertiary/aromatic N) is 4. The van der Waals surface area contributed by atoms with Gasteiger partial charge in [-0.15, -0.1) is 35.3 Å². The predicted molar refractivity (Wildman–Crippen MR) is 127 cm³/mol. The van der Waals surface area contributed by atoms with Gasteiger partial charge in [-0.1, -0.05) is 0 Å². The normalized spacial score (nSPS) is 12.3. The van der Waals surface area contributed by atoms with Crippen LogP contribution in [-0.4, -0.2) is 33.1 Å². The van der Waals surface area contributed by atoms with Gasteiger partial charge in [0.15, 0.2) is 5.96 Å². The topological polar surface area (TPSA) is 67.1 Å². The summed E-state index contributed by atoms with van der Waals surface area (Å²) in [5.41, 5.74) is 1.10. The lowest BCUT2D eigenvalue weighted by Crippen LogP contribution is -2.43. The number of aryl methyl sites for hydroxylation is 1. The molecule has 150 valence electrons. The van der Waals surface area contributed by atoms with E-state index in [2.05, 4.69) is 53.5 Å². The van der Waals surface area contributed by atoms with Crippen molar-refractivity contribution in [3.8, 4) is 5.82 Å². The third-order valence-corrected chi connectivity index (χ3v) is 5.05. The maximum absolute atomic E-state index is 4.74. The maximum Gasteiger partial charge on any atom is 0.191 e. The monoisotopic (exact) mass is 510 g/mol. The Morgan fingerprint density at radius 3 is 2.82 bits per heavy atom. The summed E-state index contributed by atoms with van der Waals surface area (Å²) in [6.45, 7) is 7.82. The van der Waals surface area contributed by atoms with Crippen molar-refractivity contribution < 1.29 is 0 Å². The quantitative estimate of drug-likeness (QED) is 0.287. The molecule has 0 aromatic carbocycles. The van der Waals surface area contributed by atoms with Crippen molar-refractivity contribution >= 4 is 41.3 Å². The molecule has 1 unspecified atom stereocenters. The van der Waals surface area contributed by atoms with Crippen molar-refractivity contribution in [3.63, 3.8) is 0 Å². The van der Waals surface area contributed by atoms with E-state index >= 15 is 0 Å². The molecule has 0 spiro atoms. The molecule has 0 aliphatic rings. The number of thiophene rings is 1. The average Bonchev–Trinajstić information content (AvgIpc) is 3.32. The molecule has 2 N–H and O–H groups in total. The lowest BCUT2D eigenvalue weighted by molar-refractivity contribution is 0.645. The molecule has 0 saturated heterocycles. The minimum atomic E-state index is 0. The second-order valence-electron chi connectivity index (χ2n) is 6.45. The first kappa shape index (κ1) is 22.4. The highest BCUT2D eigenvalue weighted by Gasteiger charge is 2.08. The van der Waals surface area contributed by atoms with E-state index in [9.17, 15) is 0 Å². The van der Waals surface area contributed by atoms with E-state index in [1.807, 2.05) is 40.4 Å². The van der Waals surface area contributed by atoms with Gasteiger partial charge in [0, 0.05) is 47.4 Å². The minimum Gasteiger partial charge on any atom is -0.357 e. The molecule has 0 saturated carbocycles. The molecule has 28 heavy (non-hydrogen) atoms. The summed E-state index contributed by atoms with van der Waals surface area (Å²) in [5.74, 6) is 1.68. The van der Waals surface area contributed by atoms with Gasteiger partial charge in [-0.05, 0) is 50.6 Å². The van der Waals surface area contributed by atoms with Crippen molar-refractivity contribution in [2.24, 2.45) is 4.99 Å². The molecule has 0 bridgehead atoms. The molecule has 3 heterocycles. The van der Waals surface area contributed by atoms with Crippen LogP contribution in [0.5, 0.6) is 0 Å². The number of rotatable bonds is 7. The Morgan fingerprint density at radius 2 is 2.14 bits per heavy atom. The molecule has 3 aromatic heterocycles. The Kier molecular flexibility index (Phi) is 8.91. The number of nitrogens with one attached hydrogen (secondary N) is 2. The van der Waals surface area contributed by atoms with E-state index in [4.69, 9.17) is 4.99 Å². The molecule has 0 fully saturated rings. The van der Waals surface area contributed by atoms with Crippen LogP contribution >= 0.6 is 35.3 Å². The molecule has 0 radical (unpaired) electrons. The van der Waals surface area contributed by atoms with Crippen LogP contribution in [0.15, 0.2) is 54.2 Å². The Balaban J connectivity index is 0.00000280. The van der Waals surface area contributed by atoms with Gasteiger partial charge in [0.25, 0.3) is 0 Å². The Labute approximate surface area is 187 Å². The summed E-state index contributed by atoms with van der Waals surface area (Å²) in [5, 5.41) is 6.83. The Hall–Kier alpha value is -1.94. The third-order valence-electron chi connectivity index (χ3n) is 4.03. The molecular formula is C20H27IN6S. The van der Waals surface area contributed by atoms with Crippen LogP contribution in [0.1, 0.15) is 29.2 Å². The van der Waals surface area contributed by atoms with Crippen molar-refractivity contribution in [3.05, 3.63) is 64.5 Å². The van der Waals surface area contributed by atoms with E-state index in [0.29, 0.717) is 12.6 Å². The van der Waals surface area contributed by atoms with Crippen molar-refractivity contribution in [2.75, 3.05) is 6.54 Å². The zero-order valence-electron chi connectivity index (χ0n) is 16.4. The first-order valence-corrected chi connectivity index (χ1v) is 9.99. The largest absolute Gasteiger partial charge is 0.357 e. The van der Waals surface area contributed by atoms with Gasteiger partial charge in [-0.2, -0.15) is 0 Å². The molecular weight excluding hydrogens is 483 g/mol. The van der Waals surface area contributed by atoms with Crippen molar-refractivity contribution in [1.82, 2.24) is 25.2 Å². The second-order valence-corrected chi connectivity index (χ2v) is 7.82. The van der Waals surface area contributed by atoms with Gasteiger partial charge in [0.05, 0.1) is 6.54 Å². The van der Waals surface area contributed by atoms with Crippen molar-refractivity contribution in [2.45, 2.75) is 39.8 Å². The van der Waals surface area contributed by atoms with Crippen LogP contribution in [-0.2, 0) is 13.0 Å². The van der Waals surface area contributed by atoms with Crippen LogP contribution in [0.3, 0.4) is 0 Å². The summed E-state index contributed by atoms with van der Waals surface area (Å²) in [6.07, 6.45) is 8.17. The fourth-order valence-corrected chi connectivity index (χ4v) is 3.79. The molecule has 0 aliphatic heterocycles. The molecule has 6 nitrogen and oxygen atoms in total. The number of aliphatic imine (C=N–C) groups is 1. The van der Waals surface area contributed by atoms with Crippen LogP contribution in [0, 0.1) is 6.92 Å². The number of imidazole rings is 1. The lowest BCUT2D eigenvalue weighted by atomic mass is 10.2. The molecule has 0 aliphatic carbocycles.